The smallest absolute Gasteiger partial charge is 0.306 e. The van der Waals surface area contributed by atoms with E-state index in [2.05, 4.69) is 86.8 Å². The third-order valence-corrected chi connectivity index (χ3v) is 12.3. The van der Waals surface area contributed by atoms with Crippen molar-refractivity contribution in [1.82, 2.24) is 5.32 Å². The molecule has 1 amide bonds. The lowest BCUT2D eigenvalue weighted by Gasteiger charge is -2.24. The second-order valence-corrected chi connectivity index (χ2v) is 18.6. The second kappa shape index (κ2) is 51.5. The molecular weight excluding hydrogens is 791 g/mol. The van der Waals surface area contributed by atoms with Crippen LogP contribution in [0, 0.1) is 0 Å². The number of carbonyl (C=O) groups excluding carboxylic acids is 2. The van der Waals surface area contributed by atoms with Crippen LogP contribution in [0.4, 0.5) is 0 Å². The predicted molar refractivity (Wildman–Crippen MR) is 278 cm³/mol. The molecule has 0 aliphatic carbocycles. The number of allylic oxidation sites excluding steroid dienone is 10. The van der Waals surface area contributed by atoms with Crippen LogP contribution in [0.2, 0.25) is 0 Å². The van der Waals surface area contributed by atoms with Gasteiger partial charge in [0, 0.05) is 6.42 Å². The lowest BCUT2D eigenvalue weighted by molar-refractivity contribution is -0.151. The highest BCUT2D eigenvalue weighted by molar-refractivity contribution is 5.77. The Morgan fingerprint density at radius 1 is 0.469 bits per heavy atom. The number of carbonyl (C=O) groups is 2. The third kappa shape index (κ3) is 46.1. The number of unbranched alkanes of at least 4 members (excludes halogenated alkanes) is 27. The average molecular weight is 896 g/mol. The number of amides is 1. The van der Waals surface area contributed by atoms with E-state index in [0.29, 0.717) is 19.3 Å². The van der Waals surface area contributed by atoms with Gasteiger partial charge in [0.1, 0.15) is 6.10 Å². The average Bonchev–Trinajstić information content (AvgIpc) is 3.29. The van der Waals surface area contributed by atoms with Crippen LogP contribution in [0.1, 0.15) is 271 Å². The molecule has 64 heavy (non-hydrogen) atoms. The van der Waals surface area contributed by atoms with E-state index in [9.17, 15) is 19.8 Å². The van der Waals surface area contributed by atoms with Gasteiger partial charge in [0.2, 0.25) is 5.91 Å². The van der Waals surface area contributed by atoms with E-state index in [-0.39, 0.29) is 24.9 Å². The van der Waals surface area contributed by atoms with Crippen molar-refractivity contribution in [2.45, 2.75) is 289 Å². The molecule has 0 aliphatic rings. The lowest BCUT2D eigenvalue weighted by atomic mass is 10.0. The van der Waals surface area contributed by atoms with Crippen LogP contribution in [0.5, 0.6) is 0 Å². The zero-order valence-corrected chi connectivity index (χ0v) is 42.4. The molecule has 0 aromatic rings. The van der Waals surface area contributed by atoms with Gasteiger partial charge in [-0.2, -0.15) is 0 Å². The van der Waals surface area contributed by atoms with Crippen LogP contribution < -0.4 is 5.32 Å². The Balaban J connectivity index is 4.52. The molecule has 0 saturated carbocycles. The highest BCUT2D eigenvalue weighted by atomic mass is 16.5. The van der Waals surface area contributed by atoms with Crippen molar-refractivity contribution in [2.75, 3.05) is 6.61 Å². The van der Waals surface area contributed by atoms with Gasteiger partial charge in [0.25, 0.3) is 0 Å². The van der Waals surface area contributed by atoms with Gasteiger partial charge in [-0.1, -0.05) is 236 Å². The van der Waals surface area contributed by atoms with Gasteiger partial charge in [-0.3, -0.25) is 9.59 Å². The highest BCUT2D eigenvalue weighted by Crippen LogP contribution is 2.18. The van der Waals surface area contributed by atoms with Crippen LogP contribution in [0.15, 0.2) is 60.8 Å². The summed E-state index contributed by atoms with van der Waals surface area (Å²) in [6.07, 6.45) is 64.3. The Morgan fingerprint density at radius 2 is 0.844 bits per heavy atom. The summed E-state index contributed by atoms with van der Waals surface area (Å²) in [6.45, 7) is 6.28. The molecule has 0 heterocycles. The topological polar surface area (TPSA) is 95.9 Å². The standard InChI is InChI=1S/C58H105NO5/c1-4-7-10-13-16-19-22-25-27-29-30-32-35-38-41-44-47-50-56(61)55(53-60)59-57(62)52-54(49-46-43-40-37-34-24-21-18-15-12-9-6-3)64-58(63)51-48-45-42-39-36-33-31-28-26-23-20-17-14-11-8-5-2/h8-9,11-12,17-18,20-21,26,28,54-56,60-61H,4-7,10,13-16,19,22-25,27,29-53H2,1-3H3,(H,59,62)/b11-8+,12-9+,20-17+,21-18+,28-26+. The summed E-state index contributed by atoms with van der Waals surface area (Å²) < 4.78 is 5.93. The van der Waals surface area contributed by atoms with E-state index < -0.39 is 18.2 Å². The van der Waals surface area contributed by atoms with Gasteiger partial charge in [0.15, 0.2) is 0 Å². The molecule has 6 heteroatoms. The first kappa shape index (κ1) is 61.6. The Kier molecular flexibility index (Phi) is 49.6. The molecule has 0 aliphatic heterocycles. The highest BCUT2D eigenvalue weighted by Gasteiger charge is 2.24. The van der Waals surface area contributed by atoms with Gasteiger partial charge < -0.3 is 20.3 Å². The molecule has 6 nitrogen and oxygen atoms in total. The van der Waals surface area contributed by atoms with E-state index in [1.807, 2.05) is 0 Å². The summed E-state index contributed by atoms with van der Waals surface area (Å²) in [4.78, 5) is 26.2. The maximum atomic E-state index is 13.2. The number of hydrogen-bond donors (Lipinski definition) is 3. The molecule has 3 atom stereocenters. The minimum absolute atomic E-state index is 0.0619. The Hall–Kier alpha value is -2.44. The van der Waals surface area contributed by atoms with Crippen LogP contribution in [0.25, 0.3) is 0 Å². The van der Waals surface area contributed by atoms with Gasteiger partial charge >= 0.3 is 5.97 Å². The maximum absolute atomic E-state index is 13.2. The molecule has 0 fully saturated rings. The number of hydrogen-bond acceptors (Lipinski definition) is 5. The molecule has 3 N–H and O–H groups in total. The summed E-state index contributed by atoms with van der Waals surface area (Å²) >= 11 is 0. The number of nitrogens with one attached hydrogen (secondary N) is 1. The first-order valence-electron chi connectivity index (χ1n) is 27.5. The zero-order chi connectivity index (χ0) is 46.7. The summed E-state index contributed by atoms with van der Waals surface area (Å²) in [5.74, 6) is -0.499. The molecule has 372 valence electrons. The molecule has 0 saturated heterocycles. The Bertz CT molecular complexity index is 1140. The normalized spacial score (nSPS) is 13.6. The summed E-state index contributed by atoms with van der Waals surface area (Å²) in [5.41, 5.74) is 0. The molecule has 0 spiro atoms. The van der Waals surface area contributed by atoms with E-state index in [1.54, 1.807) is 0 Å². The Morgan fingerprint density at radius 3 is 1.28 bits per heavy atom. The van der Waals surface area contributed by atoms with Crippen molar-refractivity contribution in [3.05, 3.63) is 60.8 Å². The van der Waals surface area contributed by atoms with Gasteiger partial charge in [-0.05, 0) is 83.5 Å². The lowest BCUT2D eigenvalue weighted by Crippen LogP contribution is -2.46. The number of aliphatic hydroxyl groups is 2. The Labute approximate surface area is 397 Å². The van der Waals surface area contributed by atoms with E-state index >= 15 is 0 Å². The molecule has 0 bridgehead atoms. The van der Waals surface area contributed by atoms with E-state index in [0.717, 1.165) is 103 Å². The molecule has 3 unspecified atom stereocenters. The maximum Gasteiger partial charge on any atom is 0.306 e. The SMILES string of the molecule is CC/C=C/C/C=C/C/C=C/CCCCCCCCC(=O)OC(CCCCCCC/C=C/C/C=C/CC)CC(=O)NC(CO)C(O)CCCCCCCCCCCCCCCCCCC. The fourth-order valence-corrected chi connectivity index (χ4v) is 8.25. The molecular formula is C58H105NO5. The second-order valence-electron chi connectivity index (χ2n) is 18.6. The summed E-state index contributed by atoms with van der Waals surface area (Å²) in [7, 11) is 0. The summed E-state index contributed by atoms with van der Waals surface area (Å²) in [5, 5.41) is 23.8. The van der Waals surface area contributed by atoms with Gasteiger partial charge in [0.05, 0.1) is 25.2 Å². The van der Waals surface area contributed by atoms with Crippen molar-refractivity contribution in [3.8, 4) is 0 Å². The number of ether oxygens (including phenoxy) is 1. The van der Waals surface area contributed by atoms with Crippen molar-refractivity contribution >= 4 is 11.9 Å². The fourth-order valence-electron chi connectivity index (χ4n) is 8.25. The van der Waals surface area contributed by atoms with Crippen molar-refractivity contribution in [2.24, 2.45) is 0 Å². The van der Waals surface area contributed by atoms with Gasteiger partial charge in [-0.15, -0.1) is 0 Å². The number of esters is 1. The third-order valence-electron chi connectivity index (χ3n) is 12.3. The van der Waals surface area contributed by atoms with Crippen LogP contribution in [-0.2, 0) is 14.3 Å². The largest absolute Gasteiger partial charge is 0.462 e. The van der Waals surface area contributed by atoms with Crippen molar-refractivity contribution < 1.29 is 24.5 Å². The first-order chi connectivity index (χ1) is 31.5. The molecule has 0 aromatic carbocycles. The van der Waals surface area contributed by atoms with E-state index in [1.165, 1.54) is 122 Å². The van der Waals surface area contributed by atoms with Crippen LogP contribution in [0.3, 0.4) is 0 Å². The fraction of sp³-hybridized carbons (Fsp3) is 0.793. The number of rotatable bonds is 49. The van der Waals surface area contributed by atoms with Gasteiger partial charge in [-0.25, -0.2) is 0 Å². The molecule has 0 radical (unpaired) electrons. The van der Waals surface area contributed by atoms with E-state index in [4.69, 9.17) is 4.74 Å². The number of aliphatic hydroxyl groups excluding tert-OH is 2. The van der Waals surface area contributed by atoms with Crippen molar-refractivity contribution in [1.29, 1.82) is 0 Å². The van der Waals surface area contributed by atoms with Crippen LogP contribution in [-0.4, -0.2) is 46.9 Å². The summed E-state index contributed by atoms with van der Waals surface area (Å²) in [6, 6.07) is -0.710. The first-order valence-corrected chi connectivity index (χ1v) is 27.5. The quantitative estimate of drug-likeness (QED) is 0.0321. The molecule has 0 aromatic heterocycles. The predicted octanol–water partition coefficient (Wildman–Crippen LogP) is 16.8. The van der Waals surface area contributed by atoms with Crippen molar-refractivity contribution in [3.63, 3.8) is 0 Å². The minimum atomic E-state index is -0.796. The molecule has 0 rings (SSSR count). The van der Waals surface area contributed by atoms with Crippen LogP contribution >= 0.6 is 0 Å². The zero-order valence-electron chi connectivity index (χ0n) is 42.4. The monoisotopic (exact) mass is 896 g/mol. The minimum Gasteiger partial charge on any atom is -0.462 e.